The van der Waals surface area contributed by atoms with Gasteiger partial charge in [-0.15, -0.1) is 32.9 Å². The van der Waals surface area contributed by atoms with E-state index in [4.69, 9.17) is 0 Å². The van der Waals surface area contributed by atoms with Crippen molar-refractivity contribution < 1.29 is 76.5 Å². The molecule has 4 amide bonds. The summed E-state index contributed by atoms with van der Waals surface area (Å²) in [6.45, 7) is 55.0. The van der Waals surface area contributed by atoms with Crippen molar-refractivity contribution in [2.24, 2.45) is 0 Å². The molecule has 3 aromatic carbocycles. The van der Waals surface area contributed by atoms with Crippen LogP contribution in [0.2, 0.25) is 0 Å². The smallest absolute Gasteiger partial charge is 0.333 e. The predicted molar refractivity (Wildman–Crippen MR) is 376 cm³/mol. The zero-order chi connectivity index (χ0) is 74.1. The topological polar surface area (TPSA) is 277 Å². The summed E-state index contributed by atoms with van der Waals surface area (Å²) < 4.78 is 12.9. The number of methoxy groups -OCH3 is 3. The molecular formula is C73H113N3O16. The Morgan fingerprint density at radius 3 is 1.07 bits per heavy atom. The van der Waals surface area contributed by atoms with Crippen LogP contribution >= 0.6 is 0 Å². The highest BCUT2D eigenvalue weighted by Gasteiger charge is 2.24. The lowest BCUT2D eigenvalue weighted by Gasteiger charge is -2.26. The number of ketones is 6. The van der Waals surface area contributed by atoms with Crippen molar-refractivity contribution in [1.82, 2.24) is 15.5 Å². The molecule has 0 bridgehead atoms. The molecule has 0 unspecified atom stereocenters. The number of benzene rings is 3. The third kappa shape index (κ3) is 71.1. The molecule has 0 atom stereocenters. The number of carbonyl (C=O) groups excluding carboxylic acids is 13. The van der Waals surface area contributed by atoms with Gasteiger partial charge in [0.25, 0.3) is 11.8 Å². The Morgan fingerprint density at radius 1 is 0.522 bits per heavy atom. The van der Waals surface area contributed by atoms with Gasteiger partial charge in [0, 0.05) is 62.2 Å². The van der Waals surface area contributed by atoms with Crippen LogP contribution in [0, 0.1) is 0 Å². The lowest BCUT2D eigenvalue weighted by atomic mass is 9.94. The van der Waals surface area contributed by atoms with E-state index in [1.165, 1.54) is 82.1 Å². The molecule has 1 aliphatic rings. The number of hydrogen-bond donors (Lipinski definition) is 2. The van der Waals surface area contributed by atoms with E-state index in [-0.39, 0.29) is 95.3 Å². The lowest BCUT2D eigenvalue weighted by Crippen LogP contribution is -2.47. The normalized spacial score (nSPS) is 9.32. The Hall–Kier alpha value is -9.65. The van der Waals surface area contributed by atoms with Gasteiger partial charge in [0.2, 0.25) is 11.8 Å². The van der Waals surface area contributed by atoms with E-state index in [1.54, 1.807) is 33.8 Å². The number of Topliss-reactive ketones (excluding diaryl/α,β-unsaturated/α-hetero) is 5. The fraction of sp³-hybridized carbons (Fsp3) is 0.384. The number of hydrogen-bond acceptors (Lipinski definition) is 16. The molecule has 1 aliphatic heterocycles. The third-order valence-corrected chi connectivity index (χ3v) is 9.42. The van der Waals surface area contributed by atoms with Crippen molar-refractivity contribution in [2.75, 3.05) is 28.4 Å². The van der Waals surface area contributed by atoms with Crippen LogP contribution in [0.1, 0.15) is 178 Å². The summed E-state index contributed by atoms with van der Waals surface area (Å²) >= 11 is 0. The summed E-state index contributed by atoms with van der Waals surface area (Å²) in [4.78, 5) is 138. The Balaban J connectivity index is -0.0000000882. The molecule has 0 fully saturated rings. The number of nitrogens with one attached hydrogen (secondary N) is 2. The van der Waals surface area contributed by atoms with Crippen molar-refractivity contribution >= 4 is 76.2 Å². The Bertz CT molecular complexity index is 2600. The molecule has 1 heterocycles. The number of esters is 3. The minimum absolute atomic E-state index is 0. The van der Waals surface area contributed by atoms with Crippen LogP contribution in [0.3, 0.4) is 0 Å². The molecule has 0 aromatic heterocycles. The molecule has 92 heavy (non-hydrogen) atoms. The number of carbonyl (C=O) groups is 13. The summed E-state index contributed by atoms with van der Waals surface area (Å²) in [5, 5.41) is 5.43. The van der Waals surface area contributed by atoms with Crippen molar-refractivity contribution in [3.8, 4) is 0 Å². The van der Waals surface area contributed by atoms with Crippen molar-refractivity contribution in [3.05, 3.63) is 195 Å². The molecule has 0 saturated carbocycles. The average Bonchev–Trinajstić information content (AvgIpc) is 1.56. The zero-order valence-electron chi connectivity index (χ0n) is 58.9. The number of imide groups is 1. The second kappa shape index (κ2) is 70.4. The highest BCUT2D eigenvalue weighted by atomic mass is 16.5. The maximum Gasteiger partial charge on any atom is 0.333 e. The summed E-state index contributed by atoms with van der Waals surface area (Å²) in [5.74, 6) is -2.35. The van der Waals surface area contributed by atoms with Crippen LogP contribution < -0.4 is 10.6 Å². The van der Waals surface area contributed by atoms with Crippen LogP contribution in [0.25, 0.3) is 0 Å². The van der Waals surface area contributed by atoms with Gasteiger partial charge in [-0.2, -0.15) is 0 Å². The SMILES string of the molecule is C.C=C.C=C.C=C(CC(=O)OC)C(C)=O.C=C(CC(C)=O)C(=O)OC.C=CC.CC.CC.CC.CC(=O)NC(C)(C)C(C)=O.CC(=O)NC(C)(C)c1ccccc1.CC(=O)c1ccccc1.CC(=O)c1ccccc1.CN1C(=O)C=CC1=O.COC(=O)/C=C\C(C)=O. The van der Waals surface area contributed by atoms with Gasteiger partial charge in [-0.3, -0.25) is 57.6 Å². The molecule has 19 heteroatoms. The van der Waals surface area contributed by atoms with Crippen molar-refractivity contribution in [2.45, 2.75) is 163 Å². The molecular weight excluding hydrogens is 1170 g/mol. The maximum absolute atomic E-state index is 10.9. The number of allylic oxidation sites excluding steroid dienone is 2. The lowest BCUT2D eigenvalue weighted by molar-refractivity contribution is -0.140. The molecule has 2 N–H and O–H groups in total. The van der Waals surface area contributed by atoms with Gasteiger partial charge in [-0.05, 0) is 93.4 Å². The fourth-order valence-corrected chi connectivity index (χ4v) is 4.86. The van der Waals surface area contributed by atoms with E-state index in [0.717, 1.165) is 33.7 Å². The minimum atomic E-state index is -0.716. The molecule has 516 valence electrons. The Labute approximate surface area is 552 Å². The number of amides is 4. The molecule has 3 aromatic rings. The summed E-state index contributed by atoms with van der Waals surface area (Å²) in [6, 6.07) is 28.4. The van der Waals surface area contributed by atoms with Crippen LogP contribution in [0.15, 0.2) is 179 Å². The molecule has 0 spiro atoms. The highest BCUT2D eigenvalue weighted by molar-refractivity contribution is 6.12. The first kappa shape index (κ1) is 107. The Morgan fingerprint density at radius 2 is 0.859 bits per heavy atom. The van der Waals surface area contributed by atoms with Gasteiger partial charge >= 0.3 is 17.9 Å². The van der Waals surface area contributed by atoms with E-state index in [2.05, 4.69) is 70.9 Å². The molecule has 0 radical (unpaired) electrons. The summed E-state index contributed by atoms with van der Waals surface area (Å²) in [5.41, 5.74) is 2.15. The van der Waals surface area contributed by atoms with Gasteiger partial charge < -0.3 is 24.8 Å². The van der Waals surface area contributed by atoms with Gasteiger partial charge in [0.1, 0.15) is 5.78 Å². The largest absolute Gasteiger partial charge is 0.469 e. The molecule has 0 aliphatic carbocycles. The van der Waals surface area contributed by atoms with Crippen LogP contribution in [0.5, 0.6) is 0 Å². The van der Waals surface area contributed by atoms with Crippen molar-refractivity contribution in [3.63, 3.8) is 0 Å². The second-order valence-electron chi connectivity index (χ2n) is 17.7. The Kier molecular flexibility index (Phi) is 82.0. The quantitative estimate of drug-likeness (QED) is 0.0379. The minimum Gasteiger partial charge on any atom is -0.469 e. The molecule has 19 nitrogen and oxygen atoms in total. The summed E-state index contributed by atoms with van der Waals surface area (Å²) in [7, 11) is 5.24. The van der Waals surface area contributed by atoms with Gasteiger partial charge in [-0.1, -0.05) is 159 Å². The van der Waals surface area contributed by atoms with E-state index in [9.17, 15) is 62.3 Å². The van der Waals surface area contributed by atoms with Gasteiger partial charge in [-0.25, -0.2) is 9.59 Å². The van der Waals surface area contributed by atoms with Gasteiger partial charge in [0.15, 0.2) is 28.9 Å². The zero-order valence-corrected chi connectivity index (χ0v) is 58.9. The van der Waals surface area contributed by atoms with E-state index >= 15 is 0 Å². The van der Waals surface area contributed by atoms with E-state index in [0.29, 0.717) is 0 Å². The van der Waals surface area contributed by atoms with E-state index < -0.39 is 23.4 Å². The van der Waals surface area contributed by atoms with Crippen LogP contribution in [0.4, 0.5) is 0 Å². The fourth-order valence-electron chi connectivity index (χ4n) is 4.86. The monoisotopic (exact) mass is 1290 g/mol. The van der Waals surface area contributed by atoms with Crippen LogP contribution in [-0.4, -0.2) is 115 Å². The predicted octanol–water partition coefficient (Wildman–Crippen LogP) is 14.1. The van der Waals surface area contributed by atoms with E-state index in [1.807, 2.05) is 153 Å². The highest BCUT2D eigenvalue weighted by Crippen LogP contribution is 2.19. The van der Waals surface area contributed by atoms with Gasteiger partial charge in [0.05, 0.1) is 38.8 Å². The van der Waals surface area contributed by atoms with Crippen molar-refractivity contribution in [1.29, 1.82) is 0 Å². The molecule has 0 saturated heterocycles. The third-order valence-electron chi connectivity index (χ3n) is 9.42. The summed E-state index contributed by atoms with van der Waals surface area (Å²) in [6.07, 6.45) is 6.57. The number of likely N-dealkylation sites (N-methyl/N-ethyl adjacent to an activating group) is 1. The first-order valence-electron chi connectivity index (χ1n) is 28.5. The average molecular weight is 1290 g/mol. The number of rotatable bonds is 14. The second-order valence-corrected chi connectivity index (χ2v) is 17.7. The molecule has 4 rings (SSSR count). The first-order valence-corrected chi connectivity index (χ1v) is 28.5. The van der Waals surface area contributed by atoms with Crippen LogP contribution in [-0.2, 0) is 72.5 Å². The first-order chi connectivity index (χ1) is 42.4. The maximum atomic E-state index is 10.9. The number of ether oxygens (including phenoxy) is 3. The standard InChI is InChI=1S/C11H15NO.2C8H8O.C7H13NO2.2C7H10O3.C6H8O3.C5H5NO2.C3H6.3C2H6.2C2H4.CH4/c1-9(13)12-11(2,3)10-7-5-4-6-8-10;2*1-7(9)8-5-3-2-4-6-8;1-5(9)7(3,4)8-6(2)10;1-5(6(2)8)4-7(9)10-3;1-5(4-6(2)8)7(9)10-3;1-5(7)3-4-6(8)9-2;1-6-4(7)2-3-5(6)8;1-3-2;5*1-2;/h4-8H,1-3H3,(H,12,13);2*2-6H,1H3;1-4H3,(H,8,10);2*1,4H2,2-3H3;3-4H,1-2H3;2-3H,1H3;3H,1H2,2H3;3*1-2H3;2*1-2H2;1H4/b;;;;;;4-3-;;;;;;;;. The number of nitrogens with zero attached hydrogens (tertiary/aromatic N) is 1.